The summed E-state index contributed by atoms with van der Waals surface area (Å²) in [6.45, 7) is 1.27. The molecule has 1 heterocycles. The van der Waals surface area contributed by atoms with Gasteiger partial charge in [0.05, 0.1) is 7.11 Å². The predicted octanol–water partition coefficient (Wildman–Crippen LogP) is 0.707. The number of hydrogen-bond donors (Lipinski definition) is 2. The Morgan fingerprint density at radius 2 is 2.05 bits per heavy atom. The number of hydrogen-bond acceptors (Lipinski definition) is 6. The van der Waals surface area contributed by atoms with Crippen molar-refractivity contribution in [3.8, 4) is 11.5 Å². The minimum Gasteiger partial charge on any atom is -0.493 e. The van der Waals surface area contributed by atoms with Crippen molar-refractivity contribution >= 4 is 0 Å². The average Bonchev–Trinajstić information content (AvgIpc) is 2.93. The van der Waals surface area contributed by atoms with Crippen molar-refractivity contribution in [2.75, 3.05) is 13.7 Å². The highest BCUT2D eigenvalue weighted by molar-refractivity contribution is 5.39. The van der Waals surface area contributed by atoms with Crippen LogP contribution in [0.5, 0.6) is 11.5 Å². The number of para-hydroxylation sites is 2. The lowest BCUT2D eigenvalue weighted by Gasteiger charge is -2.12. The van der Waals surface area contributed by atoms with Crippen LogP contribution in [-0.2, 0) is 19.7 Å². The first-order valence-corrected chi connectivity index (χ1v) is 6.78. The van der Waals surface area contributed by atoms with Gasteiger partial charge in [-0.05, 0) is 18.6 Å². The van der Waals surface area contributed by atoms with E-state index in [1.807, 2.05) is 24.3 Å². The molecule has 0 bridgehead atoms. The number of aryl methyl sites for hydroxylation is 1. The van der Waals surface area contributed by atoms with Gasteiger partial charge < -0.3 is 20.3 Å². The Morgan fingerprint density at radius 3 is 2.71 bits per heavy atom. The Bertz CT molecular complexity index is 571. The van der Waals surface area contributed by atoms with Crippen molar-refractivity contribution in [3.05, 3.63) is 35.7 Å². The molecule has 2 aromatic rings. The van der Waals surface area contributed by atoms with Crippen molar-refractivity contribution < 1.29 is 14.6 Å². The van der Waals surface area contributed by atoms with Gasteiger partial charge in [0.25, 0.3) is 0 Å². The zero-order chi connectivity index (χ0) is 15.1. The average molecular weight is 292 g/mol. The van der Waals surface area contributed by atoms with E-state index in [4.69, 9.17) is 20.3 Å². The summed E-state index contributed by atoms with van der Waals surface area (Å²) in [5.74, 6) is 1.32. The quantitative estimate of drug-likeness (QED) is 0.744. The van der Waals surface area contributed by atoms with E-state index >= 15 is 0 Å². The highest BCUT2D eigenvalue weighted by atomic mass is 16.5. The summed E-state index contributed by atoms with van der Waals surface area (Å²) in [6, 6.07) is 7.43. The van der Waals surface area contributed by atoms with Crippen molar-refractivity contribution in [3.63, 3.8) is 0 Å². The molecular formula is C14H20N4O3. The summed E-state index contributed by atoms with van der Waals surface area (Å²) in [5, 5.41) is 17.0. The maximum Gasteiger partial charge on any atom is 0.161 e. The molecule has 0 saturated carbocycles. The van der Waals surface area contributed by atoms with E-state index in [0.29, 0.717) is 43.3 Å². The van der Waals surface area contributed by atoms with Gasteiger partial charge in [-0.3, -0.25) is 0 Å². The van der Waals surface area contributed by atoms with Crippen LogP contribution in [0.4, 0.5) is 0 Å². The van der Waals surface area contributed by atoms with Crippen LogP contribution >= 0.6 is 0 Å². The van der Waals surface area contributed by atoms with Gasteiger partial charge in [-0.1, -0.05) is 17.3 Å². The van der Waals surface area contributed by atoms with Gasteiger partial charge in [-0.2, -0.15) is 0 Å². The lowest BCUT2D eigenvalue weighted by Crippen LogP contribution is -2.12. The number of nitrogens with two attached hydrogens (primary N) is 1. The van der Waals surface area contributed by atoms with Crippen molar-refractivity contribution in [1.29, 1.82) is 0 Å². The van der Waals surface area contributed by atoms with Gasteiger partial charge in [0.15, 0.2) is 11.5 Å². The number of aliphatic hydroxyl groups is 1. The van der Waals surface area contributed by atoms with Crippen LogP contribution in [0.1, 0.15) is 17.8 Å². The highest BCUT2D eigenvalue weighted by Gasteiger charge is 2.13. The normalized spacial score (nSPS) is 10.6. The van der Waals surface area contributed by atoms with E-state index in [9.17, 15) is 0 Å². The van der Waals surface area contributed by atoms with Crippen LogP contribution in [0, 0.1) is 0 Å². The van der Waals surface area contributed by atoms with E-state index in [-0.39, 0.29) is 6.61 Å². The molecule has 2 rings (SSSR count). The van der Waals surface area contributed by atoms with Crippen LogP contribution in [0.2, 0.25) is 0 Å². The number of benzene rings is 1. The van der Waals surface area contributed by atoms with E-state index in [1.165, 1.54) is 0 Å². The molecule has 1 aromatic heterocycles. The Hall–Kier alpha value is -2.12. The van der Waals surface area contributed by atoms with E-state index in [1.54, 1.807) is 11.8 Å². The Morgan fingerprint density at radius 1 is 1.29 bits per heavy atom. The molecule has 0 atom stereocenters. The summed E-state index contributed by atoms with van der Waals surface area (Å²) in [7, 11) is 1.60. The molecule has 0 saturated heterocycles. The zero-order valence-corrected chi connectivity index (χ0v) is 12.0. The van der Waals surface area contributed by atoms with E-state index in [2.05, 4.69) is 10.3 Å². The Balaban J connectivity index is 2.12. The molecule has 0 unspecified atom stereocenters. The van der Waals surface area contributed by atoms with Gasteiger partial charge in [0.1, 0.15) is 18.0 Å². The van der Waals surface area contributed by atoms with Gasteiger partial charge in [0.2, 0.25) is 0 Å². The fourth-order valence-electron chi connectivity index (χ4n) is 1.97. The number of aromatic nitrogens is 3. The molecule has 0 aliphatic rings. The highest BCUT2D eigenvalue weighted by Crippen LogP contribution is 2.26. The monoisotopic (exact) mass is 292 g/mol. The second-order valence-corrected chi connectivity index (χ2v) is 4.43. The summed E-state index contributed by atoms with van der Waals surface area (Å²) in [6.07, 6.45) is 0.606. The number of nitrogens with zero attached hydrogens (tertiary/aromatic N) is 3. The number of rotatable bonds is 8. The molecule has 0 amide bonds. The fourth-order valence-corrected chi connectivity index (χ4v) is 1.97. The maximum absolute atomic E-state index is 8.92. The molecule has 1 aromatic carbocycles. The van der Waals surface area contributed by atoms with Crippen molar-refractivity contribution in [2.24, 2.45) is 5.73 Å². The van der Waals surface area contributed by atoms with Crippen LogP contribution in [0.15, 0.2) is 24.3 Å². The standard InChI is InChI=1S/C14H20N4O3/c1-20-13-5-2-3-6-14(13)21-10-12-11(9-15)16-17-18(12)7-4-8-19/h2-3,5-6,19H,4,7-10,15H2,1H3. The number of methoxy groups -OCH3 is 1. The number of ether oxygens (including phenoxy) is 2. The van der Waals surface area contributed by atoms with Gasteiger partial charge in [-0.25, -0.2) is 4.68 Å². The predicted molar refractivity (Wildman–Crippen MR) is 76.9 cm³/mol. The van der Waals surface area contributed by atoms with Crippen molar-refractivity contribution in [2.45, 2.75) is 26.1 Å². The third-order valence-corrected chi connectivity index (χ3v) is 3.07. The summed E-state index contributed by atoms with van der Waals surface area (Å²) >= 11 is 0. The van der Waals surface area contributed by atoms with Gasteiger partial charge in [0, 0.05) is 19.7 Å². The molecule has 0 spiro atoms. The summed E-state index contributed by atoms with van der Waals surface area (Å²) in [5.41, 5.74) is 7.19. The molecule has 3 N–H and O–H groups in total. The lowest BCUT2D eigenvalue weighted by atomic mass is 10.3. The molecule has 0 fully saturated rings. The van der Waals surface area contributed by atoms with Crippen LogP contribution < -0.4 is 15.2 Å². The molecule has 114 valence electrons. The first kappa shape index (κ1) is 15.3. The molecule has 0 radical (unpaired) electrons. The Labute approximate surface area is 123 Å². The third kappa shape index (κ3) is 3.71. The van der Waals surface area contributed by atoms with Crippen LogP contribution in [0.25, 0.3) is 0 Å². The zero-order valence-electron chi connectivity index (χ0n) is 12.0. The molecule has 0 aliphatic carbocycles. The minimum absolute atomic E-state index is 0.102. The topological polar surface area (TPSA) is 95.4 Å². The maximum atomic E-state index is 8.92. The van der Waals surface area contributed by atoms with E-state index < -0.39 is 0 Å². The number of aliphatic hydroxyl groups excluding tert-OH is 1. The first-order chi connectivity index (χ1) is 10.3. The lowest BCUT2D eigenvalue weighted by molar-refractivity contribution is 0.259. The van der Waals surface area contributed by atoms with Crippen LogP contribution in [0.3, 0.4) is 0 Å². The Kier molecular flexibility index (Phi) is 5.53. The third-order valence-electron chi connectivity index (χ3n) is 3.07. The van der Waals surface area contributed by atoms with Crippen molar-refractivity contribution in [1.82, 2.24) is 15.0 Å². The summed E-state index contributed by atoms with van der Waals surface area (Å²) < 4.78 is 12.8. The minimum atomic E-state index is 0.102. The second kappa shape index (κ2) is 7.61. The van der Waals surface area contributed by atoms with Gasteiger partial charge >= 0.3 is 0 Å². The smallest absolute Gasteiger partial charge is 0.161 e. The SMILES string of the molecule is COc1ccccc1OCc1c(CN)nnn1CCCO. The summed E-state index contributed by atoms with van der Waals surface area (Å²) in [4.78, 5) is 0. The molecular weight excluding hydrogens is 272 g/mol. The molecule has 21 heavy (non-hydrogen) atoms. The fraction of sp³-hybridized carbons (Fsp3) is 0.429. The molecule has 7 nitrogen and oxygen atoms in total. The second-order valence-electron chi connectivity index (χ2n) is 4.43. The molecule has 0 aliphatic heterocycles. The first-order valence-electron chi connectivity index (χ1n) is 6.78. The van der Waals surface area contributed by atoms with E-state index in [0.717, 1.165) is 5.69 Å². The molecule has 7 heteroatoms. The van der Waals surface area contributed by atoms with Gasteiger partial charge in [-0.15, -0.1) is 5.10 Å². The van der Waals surface area contributed by atoms with Crippen LogP contribution in [-0.4, -0.2) is 33.8 Å². The largest absolute Gasteiger partial charge is 0.493 e.